The van der Waals surface area contributed by atoms with Crippen molar-refractivity contribution in [2.45, 2.75) is 29.4 Å². The van der Waals surface area contributed by atoms with E-state index in [0.717, 1.165) is 0 Å². The Labute approximate surface area is 233 Å². The topological polar surface area (TPSA) is 170 Å². The number of anilines is 1. The van der Waals surface area contributed by atoms with E-state index in [1.165, 1.54) is 15.6 Å². The van der Waals surface area contributed by atoms with Gasteiger partial charge in [-0.05, 0) is 26.0 Å². The molecule has 13 nitrogen and oxygen atoms in total. The Kier molecular flexibility index (Phi) is 6.65. The number of aromatic nitrogens is 8. The van der Waals surface area contributed by atoms with Crippen LogP contribution in [0.5, 0.6) is 0 Å². The van der Waals surface area contributed by atoms with Gasteiger partial charge in [0.1, 0.15) is 25.6 Å². The summed E-state index contributed by atoms with van der Waals surface area (Å²) in [6.45, 7) is 3.13. The number of hydrogen-bond acceptors (Lipinski definition) is 9. The second-order valence-electron chi connectivity index (χ2n) is 8.73. The van der Waals surface area contributed by atoms with Crippen molar-refractivity contribution in [3.8, 4) is 11.3 Å². The fourth-order valence-corrected chi connectivity index (χ4v) is 8.08. The lowest BCUT2D eigenvalue weighted by Gasteiger charge is -2.09. The van der Waals surface area contributed by atoms with Crippen molar-refractivity contribution in [2.75, 3.05) is 4.72 Å². The van der Waals surface area contributed by atoms with Crippen LogP contribution >= 0.6 is 23.2 Å². The zero-order valence-corrected chi connectivity index (χ0v) is 24.1. The van der Waals surface area contributed by atoms with Crippen molar-refractivity contribution in [1.29, 1.82) is 0 Å². The minimum absolute atomic E-state index is 0.00466. The van der Waals surface area contributed by atoms with Gasteiger partial charge in [-0.1, -0.05) is 35.3 Å². The van der Waals surface area contributed by atoms with E-state index < -0.39 is 25.6 Å². The summed E-state index contributed by atoms with van der Waals surface area (Å²) in [5.41, 5.74) is 2.75. The molecule has 0 bridgehead atoms. The highest BCUT2D eigenvalue weighted by Gasteiger charge is 2.28. The molecule has 0 spiro atoms. The number of nitrogens with zero attached hydrogens (tertiary/aromatic N) is 7. The van der Waals surface area contributed by atoms with Crippen molar-refractivity contribution in [1.82, 2.24) is 39.7 Å². The number of aryl methyl sites for hydroxylation is 4. The van der Waals surface area contributed by atoms with Crippen LogP contribution in [0.25, 0.3) is 22.4 Å². The van der Waals surface area contributed by atoms with Gasteiger partial charge in [0.25, 0.3) is 10.0 Å². The van der Waals surface area contributed by atoms with Gasteiger partial charge in [-0.25, -0.2) is 26.8 Å². The summed E-state index contributed by atoms with van der Waals surface area (Å²) in [5.74, 6) is -0.418. The number of H-pyrrole nitrogens is 1. The van der Waals surface area contributed by atoms with Crippen LogP contribution in [0.2, 0.25) is 10.3 Å². The van der Waals surface area contributed by atoms with Crippen molar-refractivity contribution >= 4 is 59.9 Å². The van der Waals surface area contributed by atoms with Crippen LogP contribution in [0.15, 0.2) is 40.3 Å². The quantitative estimate of drug-likeness (QED) is 0.281. The predicted molar refractivity (Wildman–Crippen MR) is 145 cm³/mol. The van der Waals surface area contributed by atoms with E-state index in [9.17, 15) is 16.8 Å². The van der Waals surface area contributed by atoms with Gasteiger partial charge in [-0.2, -0.15) is 15.3 Å². The average Bonchev–Trinajstić information content (AvgIpc) is 3.46. The average molecular weight is 611 g/mol. The Morgan fingerprint density at radius 2 is 1.51 bits per heavy atom. The largest absolute Gasteiger partial charge is 0.279 e. The third kappa shape index (κ3) is 4.86. The molecule has 0 radical (unpaired) electrons. The van der Waals surface area contributed by atoms with Crippen LogP contribution in [0, 0.1) is 13.8 Å². The molecule has 204 valence electrons. The number of fused-ring (bicyclic) bond motifs is 1. The first-order chi connectivity index (χ1) is 18.3. The summed E-state index contributed by atoms with van der Waals surface area (Å²) in [4.78, 5) is 8.72. The van der Waals surface area contributed by atoms with Gasteiger partial charge < -0.3 is 0 Å². The number of rotatable bonds is 7. The first kappa shape index (κ1) is 27.1. The standard InChI is InChI=1S/C22H21Cl2N9O4S2/c1-11-18(20(23)32(3)29-11)38(34,35)10-16-17-22(28-27-16)26-15(9-25-17)13-5-7-14(8-6-13)31-39(36,37)19-12(2)30-33(4)21(19)24/h5-9,31H,10H2,1-4H3,(H,26,27,28). The Morgan fingerprint density at radius 3 is 2.08 bits per heavy atom. The van der Waals surface area contributed by atoms with Gasteiger partial charge >= 0.3 is 0 Å². The lowest BCUT2D eigenvalue weighted by molar-refractivity contribution is 0.593. The molecule has 1 aromatic carbocycles. The monoisotopic (exact) mass is 609 g/mol. The molecule has 0 aliphatic heterocycles. The van der Waals surface area contributed by atoms with Crippen LogP contribution in [0.4, 0.5) is 5.69 Å². The normalized spacial score (nSPS) is 12.4. The molecule has 2 N–H and O–H groups in total. The van der Waals surface area contributed by atoms with Crippen molar-refractivity contribution < 1.29 is 16.8 Å². The molecule has 17 heteroatoms. The highest BCUT2D eigenvalue weighted by molar-refractivity contribution is 7.93. The van der Waals surface area contributed by atoms with Crippen LogP contribution in [-0.4, -0.2) is 56.6 Å². The molecule has 0 saturated carbocycles. The molecule has 0 aliphatic carbocycles. The number of hydrogen-bond donors (Lipinski definition) is 2. The zero-order chi connectivity index (χ0) is 28.3. The minimum Gasteiger partial charge on any atom is -0.279 e. The molecule has 0 amide bonds. The Bertz CT molecular complexity index is 1960. The van der Waals surface area contributed by atoms with Crippen LogP contribution in [0.3, 0.4) is 0 Å². The zero-order valence-electron chi connectivity index (χ0n) is 20.9. The number of sulfonamides is 1. The third-order valence-electron chi connectivity index (χ3n) is 5.88. The number of aromatic amines is 1. The molecular weight excluding hydrogens is 589 g/mol. The molecular formula is C22H21Cl2N9O4S2. The van der Waals surface area contributed by atoms with Gasteiger partial charge in [0.2, 0.25) is 5.65 Å². The molecule has 5 aromatic rings. The number of nitrogens with one attached hydrogen (secondary N) is 2. The first-order valence-electron chi connectivity index (χ1n) is 11.2. The van der Waals surface area contributed by atoms with E-state index in [4.69, 9.17) is 23.2 Å². The van der Waals surface area contributed by atoms with Crippen LogP contribution in [0.1, 0.15) is 17.1 Å². The van der Waals surface area contributed by atoms with Crippen molar-refractivity contribution in [2.24, 2.45) is 14.1 Å². The van der Waals surface area contributed by atoms with Gasteiger partial charge in [-0.15, -0.1) is 0 Å². The van der Waals surface area contributed by atoms with E-state index in [1.807, 2.05) is 0 Å². The molecule has 0 aliphatic rings. The van der Waals surface area contributed by atoms with E-state index in [-0.39, 0.29) is 37.1 Å². The summed E-state index contributed by atoms with van der Waals surface area (Å²) >= 11 is 12.3. The molecule has 4 heterocycles. The fourth-order valence-electron chi connectivity index (χ4n) is 4.14. The maximum Gasteiger partial charge on any atom is 0.266 e. The van der Waals surface area contributed by atoms with Crippen LogP contribution < -0.4 is 4.72 Å². The third-order valence-corrected chi connectivity index (χ3v) is 10.3. The van der Waals surface area contributed by atoms with Gasteiger partial charge in [0.15, 0.2) is 9.84 Å². The maximum absolute atomic E-state index is 13.1. The van der Waals surface area contributed by atoms with Gasteiger partial charge in [0.05, 0.1) is 34.7 Å². The van der Waals surface area contributed by atoms with Crippen molar-refractivity contribution in [3.05, 3.63) is 57.9 Å². The molecule has 4 aromatic heterocycles. The number of benzene rings is 1. The minimum atomic E-state index is -3.97. The molecule has 0 saturated heterocycles. The van der Waals surface area contributed by atoms with Crippen molar-refractivity contribution in [3.63, 3.8) is 0 Å². The van der Waals surface area contributed by atoms with Crippen LogP contribution in [-0.2, 0) is 39.7 Å². The lowest BCUT2D eigenvalue weighted by atomic mass is 10.1. The Hall–Kier alpha value is -3.53. The molecule has 0 atom stereocenters. The van der Waals surface area contributed by atoms with Gasteiger partial charge in [0, 0.05) is 25.3 Å². The summed E-state index contributed by atoms with van der Waals surface area (Å²) in [5, 5.41) is 15.0. The Morgan fingerprint density at radius 1 is 0.923 bits per heavy atom. The van der Waals surface area contributed by atoms with E-state index in [1.54, 1.807) is 52.2 Å². The SMILES string of the molecule is Cc1nn(C)c(Cl)c1S(=O)(=O)Cc1[nH]nc2nc(-c3ccc(NS(=O)(=O)c4c(C)nn(C)c4Cl)cc3)cnc12. The summed E-state index contributed by atoms with van der Waals surface area (Å²) in [7, 11) is -4.70. The Balaban J connectivity index is 1.38. The highest BCUT2D eigenvalue weighted by Crippen LogP contribution is 2.30. The van der Waals surface area contributed by atoms with Gasteiger partial charge in [-0.3, -0.25) is 19.2 Å². The fraction of sp³-hybridized carbons (Fsp3) is 0.227. The maximum atomic E-state index is 13.1. The second-order valence-corrected chi connectivity index (χ2v) is 13.0. The lowest BCUT2D eigenvalue weighted by Crippen LogP contribution is -2.14. The summed E-state index contributed by atoms with van der Waals surface area (Å²) in [6.07, 6.45) is 1.48. The second kappa shape index (κ2) is 9.59. The highest BCUT2D eigenvalue weighted by atomic mass is 35.5. The van der Waals surface area contributed by atoms with E-state index >= 15 is 0 Å². The number of halogens is 2. The summed E-state index contributed by atoms with van der Waals surface area (Å²) in [6, 6.07) is 6.47. The smallest absolute Gasteiger partial charge is 0.266 e. The van der Waals surface area contributed by atoms with E-state index in [0.29, 0.717) is 28.2 Å². The van der Waals surface area contributed by atoms with E-state index in [2.05, 4.69) is 35.1 Å². The predicted octanol–water partition coefficient (Wildman–Crippen LogP) is 3.19. The molecule has 5 rings (SSSR count). The molecule has 39 heavy (non-hydrogen) atoms. The first-order valence-corrected chi connectivity index (χ1v) is 15.1. The molecule has 0 fully saturated rings. The number of sulfone groups is 1. The molecule has 0 unspecified atom stereocenters. The summed E-state index contributed by atoms with van der Waals surface area (Å²) < 4.78 is 56.9.